The number of alkyl halides is 1. The molecule has 114 valence electrons. The van der Waals surface area contributed by atoms with Gasteiger partial charge < -0.3 is 0 Å². The van der Waals surface area contributed by atoms with Gasteiger partial charge in [0.15, 0.2) is 0 Å². The second-order valence-electron chi connectivity index (χ2n) is 5.94. The van der Waals surface area contributed by atoms with Gasteiger partial charge in [0.25, 0.3) is 0 Å². The maximum Gasteiger partial charge on any atom is 0.0766 e. The molecule has 4 heteroatoms. The van der Waals surface area contributed by atoms with Crippen molar-refractivity contribution in [2.24, 2.45) is 11.8 Å². The van der Waals surface area contributed by atoms with E-state index in [4.69, 9.17) is 5.10 Å². The number of aromatic nitrogens is 2. The number of halogens is 2. The summed E-state index contributed by atoms with van der Waals surface area (Å²) in [6.45, 7) is 7.66. The summed E-state index contributed by atoms with van der Waals surface area (Å²) < 4.78 is 3.44. The highest BCUT2D eigenvalue weighted by Crippen LogP contribution is 2.38. The first-order valence-corrected chi connectivity index (χ1v) is 9.69. The van der Waals surface area contributed by atoms with Crippen LogP contribution in [0, 0.1) is 11.8 Å². The van der Waals surface area contributed by atoms with Crippen molar-refractivity contribution in [2.45, 2.75) is 70.7 Å². The minimum absolute atomic E-state index is 0.669. The Morgan fingerprint density at radius 3 is 2.60 bits per heavy atom. The summed E-state index contributed by atoms with van der Waals surface area (Å²) in [7, 11) is 0. The van der Waals surface area contributed by atoms with E-state index in [1.54, 1.807) is 0 Å². The lowest BCUT2D eigenvalue weighted by Gasteiger charge is -2.33. The Hall–Kier alpha value is 0.170. The van der Waals surface area contributed by atoms with Gasteiger partial charge in [0, 0.05) is 11.4 Å². The van der Waals surface area contributed by atoms with Crippen molar-refractivity contribution in [3.63, 3.8) is 0 Å². The molecule has 0 N–H and O–H groups in total. The van der Waals surface area contributed by atoms with Crippen molar-refractivity contribution in [3.05, 3.63) is 15.9 Å². The summed E-state index contributed by atoms with van der Waals surface area (Å²) in [6.07, 6.45) is 7.54. The first-order valence-electron chi connectivity index (χ1n) is 7.98. The van der Waals surface area contributed by atoms with Crippen LogP contribution < -0.4 is 0 Å². The predicted octanol–water partition coefficient (Wildman–Crippen LogP) is 5.36. The molecule has 3 atom stereocenters. The molecule has 1 heterocycles. The molecule has 0 radical (unpaired) electrons. The van der Waals surface area contributed by atoms with Crippen LogP contribution in [0.25, 0.3) is 0 Å². The van der Waals surface area contributed by atoms with Crippen LogP contribution in [0.2, 0.25) is 0 Å². The topological polar surface area (TPSA) is 17.8 Å². The van der Waals surface area contributed by atoms with Gasteiger partial charge in [0.1, 0.15) is 0 Å². The molecule has 1 aliphatic carbocycles. The van der Waals surface area contributed by atoms with E-state index in [-0.39, 0.29) is 0 Å². The summed E-state index contributed by atoms with van der Waals surface area (Å²) >= 11 is 7.70. The van der Waals surface area contributed by atoms with E-state index in [9.17, 15) is 0 Å². The Balaban J connectivity index is 2.17. The van der Waals surface area contributed by atoms with Crippen molar-refractivity contribution < 1.29 is 0 Å². The second-order valence-corrected chi connectivity index (χ2v) is 7.91. The van der Waals surface area contributed by atoms with Gasteiger partial charge in [-0.15, -0.1) is 0 Å². The van der Waals surface area contributed by atoms with Crippen molar-refractivity contribution >= 4 is 31.9 Å². The maximum absolute atomic E-state index is 4.73. The molecular weight excluding hydrogens is 380 g/mol. The van der Waals surface area contributed by atoms with Gasteiger partial charge in [0.2, 0.25) is 0 Å². The Morgan fingerprint density at radius 1 is 1.25 bits per heavy atom. The largest absolute Gasteiger partial charge is 0.268 e. The minimum Gasteiger partial charge on any atom is -0.268 e. The zero-order valence-corrected chi connectivity index (χ0v) is 16.0. The molecule has 1 aromatic rings. The average Bonchev–Trinajstić information content (AvgIpc) is 2.77. The molecule has 1 saturated carbocycles. The van der Waals surface area contributed by atoms with Gasteiger partial charge in [-0.2, -0.15) is 5.10 Å². The minimum atomic E-state index is 0.669. The number of hydrogen-bond donors (Lipinski definition) is 0. The van der Waals surface area contributed by atoms with Crippen molar-refractivity contribution in [2.75, 3.05) is 0 Å². The summed E-state index contributed by atoms with van der Waals surface area (Å²) in [5.74, 6) is 1.66. The molecule has 0 aliphatic heterocycles. The number of rotatable bonds is 5. The first kappa shape index (κ1) is 16.5. The standard InChI is InChI=1S/C16H26Br2N2/c1-4-11-7-8-13(17)12(9-11)10-15-16(18)14(5-2)19-20(15)6-3/h11-13H,4-10H2,1-3H3. The fourth-order valence-corrected chi connectivity index (χ4v) is 4.76. The number of nitrogens with zero attached hydrogens (tertiary/aromatic N) is 2. The van der Waals surface area contributed by atoms with E-state index < -0.39 is 0 Å². The van der Waals surface area contributed by atoms with Crippen molar-refractivity contribution in [1.29, 1.82) is 0 Å². The number of aryl methyl sites for hydroxylation is 2. The van der Waals surface area contributed by atoms with Crippen LogP contribution in [0.5, 0.6) is 0 Å². The molecule has 1 fully saturated rings. The van der Waals surface area contributed by atoms with Gasteiger partial charge >= 0.3 is 0 Å². The Morgan fingerprint density at radius 2 is 2.00 bits per heavy atom. The summed E-state index contributed by atoms with van der Waals surface area (Å²) in [4.78, 5) is 0.669. The molecule has 0 aromatic carbocycles. The molecule has 0 spiro atoms. The van der Waals surface area contributed by atoms with E-state index in [0.717, 1.165) is 31.2 Å². The Kier molecular flexibility index (Phi) is 6.15. The summed E-state index contributed by atoms with van der Waals surface area (Å²) in [5.41, 5.74) is 2.60. The lowest BCUT2D eigenvalue weighted by Crippen LogP contribution is -2.27. The first-order chi connectivity index (χ1) is 9.60. The molecule has 1 aliphatic rings. The second kappa shape index (κ2) is 7.44. The van der Waals surface area contributed by atoms with Crippen LogP contribution in [-0.2, 0) is 19.4 Å². The lowest BCUT2D eigenvalue weighted by atomic mass is 9.78. The maximum atomic E-state index is 4.73. The fraction of sp³-hybridized carbons (Fsp3) is 0.812. The molecule has 0 amide bonds. The van der Waals surface area contributed by atoms with E-state index in [2.05, 4.69) is 57.3 Å². The third kappa shape index (κ3) is 3.49. The normalized spacial score (nSPS) is 26.9. The average molecular weight is 406 g/mol. The fourth-order valence-electron chi connectivity index (χ4n) is 3.37. The van der Waals surface area contributed by atoms with Crippen LogP contribution >= 0.6 is 31.9 Å². The Labute approximate surface area is 140 Å². The van der Waals surface area contributed by atoms with Gasteiger partial charge in [0.05, 0.1) is 15.9 Å². The van der Waals surface area contributed by atoms with Crippen molar-refractivity contribution in [1.82, 2.24) is 9.78 Å². The van der Waals surface area contributed by atoms with E-state index >= 15 is 0 Å². The highest BCUT2D eigenvalue weighted by atomic mass is 79.9. The van der Waals surface area contributed by atoms with Gasteiger partial charge in [-0.3, -0.25) is 4.68 Å². The van der Waals surface area contributed by atoms with E-state index in [1.165, 1.54) is 41.5 Å². The summed E-state index contributed by atoms with van der Waals surface area (Å²) in [6, 6.07) is 0. The van der Waals surface area contributed by atoms with Gasteiger partial charge in [-0.25, -0.2) is 0 Å². The zero-order chi connectivity index (χ0) is 14.7. The van der Waals surface area contributed by atoms with Crippen LogP contribution in [0.1, 0.15) is 57.8 Å². The molecule has 1 aromatic heterocycles. The van der Waals surface area contributed by atoms with Crippen LogP contribution in [-0.4, -0.2) is 14.6 Å². The highest BCUT2D eigenvalue weighted by Gasteiger charge is 2.30. The molecule has 2 nitrogen and oxygen atoms in total. The third-order valence-corrected chi connectivity index (χ3v) is 6.85. The Bertz CT molecular complexity index is 442. The molecule has 3 unspecified atom stereocenters. The molecule has 20 heavy (non-hydrogen) atoms. The van der Waals surface area contributed by atoms with Crippen LogP contribution in [0.15, 0.2) is 4.47 Å². The predicted molar refractivity (Wildman–Crippen MR) is 92.5 cm³/mol. The van der Waals surface area contributed by atoms with E-state index in [0.29, 0.717) is 4.83 Å². The smallest absolute Gasteiger partial charge is 0.0766 e. The molecular formula is C16H26Br2N2. The molecule has 2 rings (SSSR count). The highest BCUT2D eigenvalue weighted by molar-refractivity contribution is 9.10. The molecule has 0 saturated heterocycles. The third-order valence-electron chi connectivity index (χ3n) is 4.73. The zero-order valence-electron chi connectivity index (χ0n) is 12.8. The van der Waals surface area contributed by atoms with Gasteiger partial charge in [-0.1, -0.05) is 36.2 Å². The quantitative estimate of drug-likeness (QED) is 0.602. The molecule has 0 bridgehead atoms. The van der Waals surface area contributed by atoms with Crippen LogP contribution in [0.3, 0.4) is 0 Å². The monoisotopic (exact) mass is 404 g/mol. The number of hydrogen-bond acceptors (Lipinski definition) is 1. The summed E-state index contributed by atoms with van der Waals surface area (Å²) in [5, 5.41) is 4.73. The van der Waals surface area contributed by atoms with Gasteiger partial charge in [-0.05, 0) is 66.8 Å². The van der Waals surface area contributed by atoms with Crippen molar-refractivity contribution in [3.8, 4) is 0 Å². The SMILES string of the molecule is CCc1nn(CC)c(CC2CC(CC)CCC2Br)c1Br. The van der Waals surface area contributed by atoms with E-state index in [1.807, 2.05) is 0 Å². The van der Waals surface area contributed by atoms with Crippen LogP contribution in [0.4, 0.5) is 0 Å². The lowest BCUT2D eigenvalue weighted by molar-refractivity contribution is 0.267.